The molecule has 0 spiro atoms. The molecule has 1 aliphatic heterocycles. The third-order valence-electron chi connectivity index (χ3n) is 4.05. The lowest BCUT2D eigenvalue weighted by Crippen LogP contribution is -2.37. The van der Waals surface area contributed by atoms with Gasteiger partial charge in [0.2, 0.25) is 0 Å². The van der Waals surface area contributed by atoms with E-state index >= 15 is 0 Å². The van der Waals surface area contributed by atoms with Crippen LogP contribution in [0, 0.1) is 0 Å². The lowest BCUT2D eigenvalue weighted by atomic mass is 10.1. The van der Waals surface area contributed by atoms with Crippen molar-refractivity contribution < 1.29 is 9.47 Å². The van der Waals surface area contributed by atoms with E-state index in [-0.39, 0.29) is 6.04 Å². The molecule has 0 unspecified atom stereocenters. The number of rotatable bonds is 6. The van der Waals surface area contributed by atoms with Crippen LogP contribution in [0.5, 0.6) is 5.75 Å². The van der Waals surface area contributed by atoms with Crippen LogP contribution in [0.4, 0.5) is 0 Å². The van der Waals surface area contributed by atoms with Gasteiger partial charge in [0, 0.05) is 26.1 Å². The molecule has 0 aliphatic carbocycles. The van der Waals surface area contributed by atoms with E-state index in [9.17, 15) is 0 Å². The standard InChI is InChI=1S/C16H23N5O2/c1-22-13-4-2-3-12(11-13)15(17)16-18-14(19-20-16)5-6-21-7-9-23-10-8-21/h2-4,11,15H,5-10,17H2,1H3,(H,18,19,20)/t15-/m0/s1. The Morgan fingerprint density at radius 1 is 1.39 bits per heavy atom. The van der Waals surface area contributed by atoms with E-state index in [4.69, 9.17) is 15.2 Å². The monoisotopic (exact) mass is 317 g/mol. The summed E-state index contributed by atoms with van der Waals surface area (Å²) in [5, 5.41) is 7.26. The second-order valence-corrected chi connectivity index (χ2v) is 5.60. The van der Waals surface area contributed by atoms with Gasteiger partial charge in [-0.2, -0.15) is 5.10 Å². The predicted molar refractivity (Wildman–Crippen MR) is 86.4 cm³/mol. The van der Waals surface area contributed by atoms with Gasteiger partial charge in [0.25, 0.3) is 0 Å². The average Bonchev–Trinajstić information content (AvgIpc) is 3.09. The van der Waals surface area contributed by atoms with Gasteiger partial charge in [0.1, 0.15) is 11.6 Å². The molecule has 3 N–H and O–H groups in total. The molecule has 1 atom stereocenters. The van der Waals surface area contributed by atoms with Crippen molar-refractivity contribution in [1.82, 2.24) is 20.1 Å². The minimum Gasteiger partial charge on any atom is -0.497 e. The Labute approximate surface area is 135 Å². The second kappa shape index (κ2) is 7.54. The molecule has 1 aromatic heterocycles. The van der Waals surface area contributed by atoms with Crippen molar-refractivity contribution >= 4 is 0 Å². The predicted octanol–water partition coefficient (Wildman–Crippen LogP) is 0.736. The molecule has 0 saturated carbocycles. The van der Waals surface area contributed by atoms with Gasteiger partial charge in [-0.1, -0.05) is 12.1 Å². The largest absolute Gasteiger partial charge is 0.497 e. The number of ether oxygens (including phenoxy) is 2. The average molecular weight is 317 g/mol. The lowest BCUT2D eigenvalue weighted by Gasteiger charge is -2.25. The smallest absolute Gasteiger partial charge is 0.171 e. The highest BCUT2D eigenvalue weighted by Crippen LogP contribution is 2.21. The van der Waals surface area contributed by atoms with Crippen LogP contribution in [0.1, 0.15) is 23.3 Å². The van der Waals surface area contributed by atoms with E-state index < -0.39 is 0 Å². The van der Waals surface area contributed by atoms with Crippen LogP contribution >= 0.6 is 0 Å². The van der Waals surface area contributed by atoms with Crippen LogP contribution in [0.2, 0.25) is 0 Å². The molecule has 2 aromatic rings. The zero-order valence-corrected chi connectivity index (χ0v) is 13.4. The van der Waals surface area contributed by atoms with Gasteiger partial charge in [0.05, 0.1) is 26.4 Å². The van der Waals surface area contributed by atoms with Gasteiger partial charge in [-0.25, -0.2) is 4.98 Å². The second-order valence-electron chi connectivity index (χ2n) is 5.60. The lowest BCUT2D eigenvalue weighted by molar-refractivity contribution is 0.0382. The molecular formula is C16H23N5O2. The molecule has 1 fully saturated rings. The molecule has 1 aromatic carbocycles. The van der Waals surface area contributed by atoms with Gasteiger partial charge in [0.15, 0.2) is 5.82 Å². The number of aromatic nitrogens is 3. The number of morpholine rings is 1. The number of benzene rings is 1. The number of aromatic amines is 1. The Morgan fingerprint density at radius 2 is 2.22 bits per heavy atom. The number of hydrogen-bond acceptors (Lipinski definition) is 6. The summed E-state index contributed by atoms with van der Waals surface area (Å²) in [5.74, 6) is 2.25. The zero-order valence-electron chi connectivity index (χ0n) is 13.4. The Morgan fingerprint density at radius 3 is 3.00 bits per heavy atom. The van der Waals surface area contributed by atoms with Crippen molar-refractivity contribution in [1.29, 1.82) is 0 Å². The number of H-pyrrole nitrogens is 1. The Kier molecular flexibility index (Phi) is 5.22. The van der Waals surface area contributed by atoms with Crippen LogP contribution in [0.3, 0.4) is 0 Å². The zero-order chi connectivity index (χ0) is 16.1. The molecule has 0 amide bonds. The first-order valence-corrected chi connectivity index (χ1v) is 7.87. The maximum Gasteiger partial charge on any atom is 0.171 e. The van der Waals surface area contributed by atoms with E-state index in [0.29, 0.717) is 5.82 Å². The third-order valence-corrected chi connectivity index (χ3v) is 4.05. The van der Waals surface area contributed by atoms with Gasteiger partial charge in [-0.15, -0.1) is 0 Å². The normalized spacial score (nSPS) is 17.1. The maximum absolute atomic E-state index is 6.26. The molecule has 1 aliphatic rings. The molecule has 0 bridgehead atoms. The molecule has 1 saturated heterocycles. The summed E-state index contributed by atoms with van der Waals surface area (Å²) >= 11 is 0. The first-order chi connectivity index (χ1) is 11.3. The third kappa shape index (κ3) is 4.07. The Bertz CT molecular complexity index is 624. The summed E-state index contributed by atoms with van der Waals surface area (Å²) in [6, 6.07) is 7.31. The van der Waals surface area contributed by atoms with Gasteiger partial charge >= 0.3 is 0 Å². The minimum absolute atomic E-state index is 0.363. The van der Waals surface area contributed by atoms with Crippen LogP contribution in [0.25, 0.3) is 0 Å². The Balaban J connectivity index is 1.61. The summed E-state index contributed by atoms with van der Waals surface area (Å²) in [6.07, 6.45) is 0.831. The maximum atomic E-state index is 6.26. The summed E-state index contributed by atoms with van der Waals surface area (Å²) < 4.78 is 10.6. The van der Waals surface area contributed by atoms with E-state index in [2.05, 4.69) is 20.1 Å². The highest BCUT2D eigenvalue weighted by molar-refractivity contribution is 5.32. The van der Waals surface area contributed by atoms with Gasteiger partial charge in [-0.3, -0.25) is 10.00 Å². The topological polar surface area (TPSA) is 89.3 Å². The van der Waals surface area contributed by atoms with Crippen molar-refractivity contribution in [2.75, 3.05) is 40.0 Å². The number of nitrogens with two attached hydrogens (primary N) is 1. The highest BCUT2D eigenvalue weighted by atomic mass is 16.5. The Hall–Kier alpha value is -1.96. The fraction of sp³-hybridized carbons (Fsp3) is 0.500. The summed E-state index contributed by atoms with van der Waals surface area (Å²) in [4.78, 5) is 6.90. The van der Waals surface area contributed by atoms with Crippen LogP contribution in [0.15, 0.2) is 24.3 Å². The number of methoxy groups -OCH3 is 1. The van der Waals surface area contributed by atoms with Crippen molar-refractivity contribution in [3.63, 3.8) is 0 Å². The molecule has 23 heavy (non-hydrogen) atoms. The van der Waals surface area contributed by atoms with Crippen LogP contribution < -0.4 is 10.5 Å². The van der Waals surface area contributed by atoms with Crippen molar-refractivity contribution in [3.05, 3.63) is 41.5 Å². The summed E-state index contributed by atoms with van der Waals surface area (Å²) in [5.41, 5.74) is 7.20. The molecule has 7 heteroatoms. The fourth-order valence-electron chi connectivity index (χ4n) is 2.63. The molecule has 3 rings (SSSR count). The van der Waals surface area contributed by atoms with Gasteiger partial charge in [-0.05, 0) is 17.7 Å². The first-order valence-electron chi connectivity index (χ1n) is 7.87. The van der Waals surface area contributed by atoms with E-state index in [1.807, 2.05) is 24.3 Å². The molecular weight excluding hydrogens is 294 g/mol. The molecule has 124 valence electrons. The van der Waals surface area contributed by atoms with E-state index in [1.54, 1.807) is 7.11 Å². The van der Waals surface area contributed by atoms with Crippen molar-refractivity contribution in [3.8, 4) is 5.75 Å². The molecule has 7 nitrogen and oxygen atoms in total. The quantitative estimate of drug-likeness (QED) is 0.817. The minimum atomic E-state index is -0.363. The molecule has 0 radical (unpaired) electrons. The molecule has 2 heterocycles. The summed E-state index contributed by atoms with van der Waals surface area (Å²) in [7, 11) is 1.64. The fourth-order valence-corrected chi connectivity index (χ4v) is 2.63. The number of nitrogens with zero attached hydrogens (tertiary/aromatic N) is 3. The van der Waals surface area contributed by atoms with Crippen LogP contribution in [-0.4, -0.2) is 60.0 Å². The first kappa shape index (κ1) is 15.9. The van der Waals surface area contributed by atoms with Gasteiger partial charge < -0.3 is 15.2 Å². The van der Waals surface area contributed by atoms with E-state index in [1.165, 1.54) is 0 Å². The van der Waals surface area contributed by atoms with Crippen LogP contribution in [-0.2, 0) is 11.2 Å². The van der Waals surface area contributed by atoms with Crippen molar-refractivity contribution in [2.45, 2.75) is 12.5 Å². The van der Waals surface area contributed by atoms with E-state index in [0.717, 1.165) is 56.4 Å². The number of nitrogens with one attached hydrogen (secondary N) is 1. The highest BCUT2D eigenvalue weighted by Gasteiger charge is 2.16. The summed E-state index contributed by atoms with van der Waals surface area (Å²) in [6.45, 7) is 4.52. The number of hydrogen-bond donors (Lipinski definition) is 2. The SMILES string of the molecule is COc1cccc([C@H](N)c2n[nH]c(CCN3CCOCC3)n2)c1. The van der Waals surface area contributed by atoms with Crippen molar-refractivity contribution in [2.24, 2.45) is 5.73 Å².